The van der Waals surface area contributed by atoms with Crippen molar-refractivity contribution in [3.05, 3.63) is 203 Å². The Morgan fingerprint density at radius 2 is 0.873 bits per heavy atom. The Bertz CT molecular complexity index is 3770. The van der Waals surface area contributed by atoms with Gasteiger partial charge in [-0.25, -0.2) is 0 Å². The first-order valence-corrected chi connectivity index (χ1v) is 22.6. The van der Waals surface area contributed by atoms with Crippen LogP contribution in [-0.4, -0.2) is 13.7 Å². The molecule has 5 heterocycles. The van der Waals surface area contributed by atoms with Crippen LogP contribution in [0.15, 0.2) is 170 Å². The van der Waals surface area contributed by atoms with Gasteiger partial charge in [-0.2, -0.15) is 0 Å². The molecule has 3 aliphatic rings. The molecule has 8 aromatic carbocycles. The van der Waals surface area contributed by atoms with E-state index >= 15 is 0 Å². The van der Waals surface area contributed by atoms with Crippen molar-refractivity contribution in [1.29, 1.82) is 0 Å². The van der Waals surface area contributed by atoms with Gasteiger partial charge in [0.2, 0.25) is 0 Å². The molecule has 3 heteroatoms. The zero-order chi connectivity index (χ0) is 41.9. The van der Waals surface area contributed by atoms with Crippen molar-refractivity contribution < 1.29 is 0 Å². The fraction of sp³-hybridized carbons (Fsp3) is 0.133. The Hall–Kier alpha value is -7.36. The third-order valence-electron chi connectivity index (χ3n) is 15.3. The number of aromatic nitrogens is 3. The monoisotopic (exact) mass is 807 g/mol. The van der Waals surface area contributed by atoms with Gasteiger partial charge in [-0.15, -0.1) is 0 Å². The zero-order valence-corrected chi connectivity index (χ0v) is 36.0. The first kappa shape index (κ1) is 35.3. The Kier molecular flexibility index (Phi) is 6.81. The van der Waals surface area contributed by atoms with Crippen molar-refractivity contribution in [1.82, 2.24) is 13.7 Å². The van der Waals surface area contributed by atoms with Crippen LogP contribution in [0.25, 0.3) is 99.9 Å². The van der Waals surface area contributed by atoms with E-state index in [9.17, 15) is 0 Å². The third-order valence-corrected chi connectivity index (χ3v) is 15.3. The number of nitrogens with zero attached hydrogens (tertiary/aromatic N) is 3. The standard InChI is InChI=1S/C60H45N3/c1-59(2)48-18-13-19-49-58(48)63-56-46(32-38(34-50(56)59)36-24-28-40(29-25-36)61-52-20-9-5-14-42(52)43-15-6-10-21-53(43)61)47-33-39(35-51(57(47)63)60(49,3)4)37-26-30-41(31-27-37)62-54-22-11-7-16-44(54)45-17-8-12-23-55(45)62/h5-7,9-16,18-35H,8,17H2,1-4H3. The SMILES string of the molecule is CC1(C)c2cccc3c2-n2c4c1cc(-c1ccc(-n5c6c(c7ccccc75)CCC=C6)cc1)cc4c1cc(-c4ccc(-n5c6ccccc6c6ccccc65)cc4)cc(c12)C3(C)C. The second kappa shape index (κ2) is 12.2. The van der Waals surface area contributed by atoms with Crippen LogP contribution in [0.2, 0.25) is 0 Å². The van der Waals surface area contributed by atoms with E-state index in [2.05, 4.69) is 217 Å². The van der Waals surface area contributed by atoms with Crippen molar-refractivity contribution in [2.45, 2.75) is 51.4 Å². The molecule has 14 rings (SSSR count). The number of rotatable bonds is 4. The van der Waals surface area contributed by atoms with Gasteiger partial charge in [-0.3, -0.25) is 0 Å². The van der Waals surface area contributed by atoms with Gasteiger partial charge in [0.05, 0.1) is 33.3 Å². The molecule has 3 nitrogen and oxygen atoms in total. The minimum absolute atomic E-state index is 0.196. The van der Waals surface area contributed by atoms with Gasteiger partial charge in [0.25, 0.3) is 0 Å². The van der Waals surface area contributed by atoms with Gasteiger partial charge in [-0.05, 0) is 136 Å². The quantitative estimate of drug-likeness (QED) is 0.168. The first-order valence-electron chi connectivity index (χ1n) is 22.6. The first-order chi connectivity index (χ1) is 30.8. The number of fused-ring (bicyclic) bond motifs is 7. The lowest BCUT2D eigenvalue weighted by molar-refractivity contribution is 0.594. The van der Waals surface area contributed by atoms with E-state index in [1.807, 2.05) is 0 Å². The van der Waals surface area contributed by atoms with Crippen LogP contribution < -0.4 is 0 Å². The molecule has 0 radical (unpaired) electrons. The van der Waals surface area contributed by atoms with E-state index < -0.39 is 0 Å². The van der Waals surface area contributed by atoms with Gasteiger partial charge in [0, 0.05) is 54.8 Å². The Balaban J connectivity index is 0.972. The zero-order valence-electron chi connectivity index (χ0n) is 36.0. The van der Waals surface area contributed by atoms with E-state index in [0.717, 1.165) is 12.8 Å². The van der Waals surface area contributed by atoms with E-state index in [1.165, 1.54) is 127 Å². The second-order valence-electron chi connectivity index (χ2n) is 19.2. The number of hydrogen-bond acceptors (Lipinski definition) is 0. The van der Waals surface area contributed by atoms with Crippen LogP contribution in [0.4, 0.5) is 0 Å². The molecule has 300 valence electrons. The van der Waals surface area contributed by atoms with E-state index in [-0.39, 0.29) is 10.8 Å². The van der Waals surface area contributed by atoms with Crippen LogP contribution in [0.3, 0.4) is 0 Å². The van der Waals surface area contributed by atoms with Crippen molar-refractivity contribution in [3.8, 4) is 39.3 Å². The van der Waals surface area contributed by atoms with Crippen LogP contribution in [-0.2, 0) is 17.3 Å². The maximum Gasteiger partial charge on any atom is 0.0582 e. The molecule has 0 unspecified atom stereocenters. The smallest absolute Gasteiger partial charge is 0.0582 e. The fourth-order valence-corrected chi connectivity index (χ4v) is 12.1. The van der Waals surface area contributed by atoms with Crippen molar-refractivity contribution in [3.63, 3.8) is 0 Å². The number of benzene rings is 8. The normalized spacial score (nSPS) is 15.4. The Labute approximate surface area is 366 Å². The van der Waals surface area contributed by atoms with E-state index in [1.54, 1.807) is 0 Å². The van der Waals surface area contributed by atoms with Crippen molar-refractivity contribution in [2.24, 2.45) is 0 Å². The molecule has 1 aliphatic carbocycles. The van der Waals surface area contributed by atoms with Crippen LogP contribution >= 0.6 is 0 Å². The molecule has 63 heavy (non-hydrogen) atoms. The van der Waals surface area contributed by atoms with Crippen molar-refractivity contribution in [2.75, 3.05) is 0 Å². The fourth-order valence-electron chi connectivity index (χ4n) is 12.1. The van der Waals surface area contributed by atoms with Crippen molar-refractivity contribution >= 4 is 60.6 Å². The topological polar surface area (TPSA) is 14.8 Å². The maximum atomic E-state index is 2.65. The summed E-state index contributed by atoms with van der Waals surface area (Å²) in [4.78, 5) is 0. The summed E-state index contributed by atoms with van der Waals surface area (Å²) in [5.41, 5.74) is 23.1. The number of para-hydroxylation sites is 4. The molecule has 3 aromatic heterocycles. The number of allylic oxidation sites excluding steroid dienone is 1. The van der Waals surface area contributed by atoms with E-state index in [0.29, 0.717) is 0 Å². The molecule has 0 spiro atoms. The average molecular weight is 808 g/mol. The maximum absolute atomic E-state index is 2.65. The summed E-state index contributed by atoms with van der Waals surface area (Å²) < 4.78 is 7.51. The van der Waals surface area contributed by atoms with E-state index in [4.69, 9.17) is 0 Å². The highest BCUT2D eigenvalue weighted by atomic mass is 15.0. The highest BCUT2D eigenvalue weighted by molar-refractivity contribution is 6.16. The summed E-state index contributed by atoms with van der Waals surface area (Å²) in [6.07, 6.45) is 6.83. The highest BCUT2D eigenvalue weighted by Crippen LogP contribution is 2.56. The third kappa shape index (κ3) is 4.54. The largest absolute Gasteiger partial charge is 0.310 e. The molecule has 0 bridgehead atoms. The second-order valence-corrected chi connectivity index (χ2v) is 19.2. The van der Waals surface area contributed by atoms with Crippen LogP contribution in [0.1, 0.15) is 67.6 Å². The summed E-state index contributed by atoms with van der Waals surface area (Å²) in [6.45, 7) is 9.74. The molecule has 0 atom stereocenters. The lowest BCUT2D eigenvalue weighted by atomic mass is 9.68. The lowest BCUT2D eigenvalue weighted by Crippen LogP contribution is -2.33. The summed E-state index contributed by atoms with van der Waals surface area (Å²) in [5.74, 6) is 0. The Morgan fingerprint density at radius 3 is 1.41 bits per heavy atom. The molecule has 0 N–H and O–H groups in total. The minimum Gasteiger partial charge on any atom is -0.310 e. The number of aryl methyl sites for hydroxylation is 1. The summed E-state index contributed by atoms with van der Waals surface area (Å²) in [5, 5.41) is 6.58. The molecule has 0 saturated heterocycles. The predicted octanol–water partition coefficient (Wildman–Crippen LogP) is 15.4. The van der Waals surface area contributed by atoms with Crippen LogP contribution in [0.5, 0.6) is 0 Å². The molecule has 2 aliphatic heterocycles. The average Bonchev–Trinajstić information content (AvgIpc) is 3.96. The van der Waals surface area contributed by atoms with Gasteiger partial charge >= 0.3 is 0 Å². The molecule has 0 amide bonds. The number of hydrogen-bond donors (Lipinski definition) is 0. The molecule has 11 aromatic rings. The molecule has 0 saturated carbocycles. The minimum atomic E-state index is -0.198. The Morgan fingerprint density at radius 1 is 0.397 bits per heavy atom. The molecular formula is C60H45N3. The van der Waals surface area contributed by atoms with Gasteiger partial charge < -0.3 is 13.7 Å². The summed E-state index contributed by atoms with van der Waals surface area (Å²) in [7, 11) is 0. The summed E-state index contributed by atoms with van der Waals surface area (Å²) in [6, 6.07) is 62.0. The van der Waals surface area contributed by atoms with Gasteiger partial charge in [-0.1, -0.05) is 131 Å². The van der Waals surface area contributed by atoms with Crippen LogP contribution in [0, 0.1) is 0 Å². The molecular weight excluding hydrogens is 763 g/mol. The summed E-state index contributed by atoms with van der Waals surface area (Å²) >= 11 is 0. The van der Waals surface area contributed by atoms with Gasteiger partial charge in [0.1, 0.15) is 0 Å². The lowest BCUT2D eigenvalue weighted by Gasteiger charge is -2.42. The highest BCUT2D eigenvalue weighted by Gasteiger charge is 2.43. The van der Waals surface area contributed by atoms with Gasteiger partial charge in [0.15, 0.2) is 0 Å². The molecule has 0 fully saturated rings. The predicted molar refractivity (Wildman–Crippen MR) is 264 cm³/mol.